The van der Waals surface area contributed by atoms with Gasteiger partial charge in [0.2, 0.25) is 0 Å². The lowest BCUT2D eigenvalue weighted by molar-refractivity contribution is 0.112. The molecule has 0 radical (unpaired) electrons. The molecule has 0 unspecified atom stereocenters. The van der Waals surface area contributed by atoms with E-state index < -0.39 is 0 Å². The number of carbonyl (C=O) groups excluding carboxylic acids is 1. The van der Waals surface area contributed by atoms with Crippen LogP contribution >= 0.6 is 11.3 Å². The summed E-state index contributed by atoms with van der Waals surface area (Å²) in [6.07, 6.45) is 3.04. The standard InChI is InChI=1S/C12H18OS/c1-5-9-6-10(8-13)14-11(9)7-12(2,3)4/h6,8H,5,7H2,1-4H3. The molecule has 1 aromatic rings. The second-order valence-corrected chi connectivity index (χ2v) is 5.97. The Hall–Kier alpha value is -0.630. The molecule has 1 aromatic heterocycles. The molecule has 0 aliphatic carbocycles. The molecule has 1 heterocycles. The van der Waals surface area contributed by atoms with E-state index in [-0.39, 0.29) is 0 Å². The lowest BCUT2D eigenvalue weighted by atomic mass is 9.90. The third-order valence-electron chi connectivity index (χ3n) is 2.10. The van der Waals surface area contributed by atoms with Gasteiger partial charge in [-0.2, -0.15) is 0 Å². The molecule has 0 atom stereocenters. The highest BCUT2D eigenvalue weighted by molar-refractivity contribution is 7.13. The number of hydrogen-bond donors (Lipinski definition) is 0. The molecule has 14 heavy (non-hydrogen) atoms. The Balaban J connectivity index is 2.95. The van der Waals surface area contributed by atoms with Crippen molar-refractivity contribution in [3.63, 3.8) is 0 Å². The Morgan fingerprint density at radius 2 is 2.07 bits per heavy atom. The maximum atomic E-state index is 10.7. The molecule has 0 amide bonds. The van der Waals surface area contributed by atoms with Crippen LogP contribution in [-0.2, 0) is 12.8 Å². The van der Waals surface area contributed by atoms with E-state index in [1.165, 1.54) is 10.4 Å². The molecular formula is C12H18OS. The van der Waals surface area contributed by atoms with Crippen molar-refractivity contribution in [2.75, 3.05) is 0 Å². The molecule has 0 aliphatic rings. The van der Waals surface area contributed by atoms with Gasteiger partial charge in [-0.3, -0.25) is 4.79 Å². The lowest BCUT2D eigenvalue weighted by Gasteiger charge is -2.17. The largest absolute Gasteiger partial charge is 0.297 e. The Morgan fingerprint density at radius 3 is 2.50 bits per heavy atom. The van der Waals surface area contributed by atoms with Crippen molar-refractivity contribution >= 4 is 17.6 Å². The zero-order valence-corrected chi connectivity index (χ0v) is 10.2. The highest BCUT2D eigenvalue weighted by Crippen LogP contribution is 2.29. The van der Waals surface area contributed by atoms with Gasteiger partial charge in [-0.25, -0.2) is 0 Å². The molecule has 2 heteroatoms. The van der Waals surface area contributed by atoms with Gasteiger partial charge in [0.15, 0.2) is 6.29 Å². The molecular weight excluding hydrogens is 192 g/mol. The van der Waals surface area contributed by atoms with Crippen LogP contribution in [0.25, 0.3) is 0 Å². The number of aryl methyl sites for hydroxylation is 1. The first-order valence-electron chi connectivity index (χ1n) is 5.03. The minimum Gasteiger partial charge on any atom is -0.297 e. The van der Waals surface area contributed by atoms with E-state index in [4.69, 9.17) is 0 Å². The summed E-state index contributed by atoms with van der Waals surface area (Å²) in [5.41, 5.74) is 1.64. The summed E-state index contributed by atoms with van der Waals surface area (Å²) < 4.78 is 0. The molecule has 1 rings (SSSR count). The molecule has 0 spiro atoms. The summed E-state index contributed by atoms with van der Waals surface area (Å²) in [6.45, 7) is 8.83. The molecule has 0 saturated heterocycles. The molecule has 0 saturated carbocycles. The van der Waals surface area contributed by atoms with E-state index in [2.05, 4.69) is 27.7 Å². The van der Waals surface area contributed by atoms with Gasteiger partial charge < -0.3 is 0 Å². The van der Waals surface area contributed by atoms with Gasteiger partial charge in [0.05, 0.1) is 4.88 Å². The number of carbonyl (C=O) groups is 1. The molecule has 1 nitrogen and oxygen atoms in total. The van der Waals surface area contributed by atoms with Crippen LogP contribution in [0.4, 0.5) is 0 Å². The molecule has 0 fully saturated rings. The van der Waals surface area contributed by atoms with E-state index in [1.54, 1.807) is 11.3 Å². The normalized spacial score (nSPS) is 11.7. The summed E-state index contributed by atoms with van der Waals surface area (Å²) in [5, 5.41) is 0. The quantitative estimate of drug-likeness (QED) is 0.695. The second-order valence-electron chi connectivity index (χ2n) is 4.81. The SMILES string of the molecule is CCc1cc(C=O)sc1CC(C)(C)C. The number of rotatable bonds is 3. The van der Waals surface area contributed by atoms with E-state index >= 15 is 0 Å². The van der Waals surface area contributed by atoms with E-state index in [9.17, 15) is 4.79 Å². The second kappa shape index (κ2) is 4.26. The summed E-state index contributed by atoms with van der Waals surface area (Å²) >= 11 is 1.64. The fraction of sp³-hybridized carbons (Fsp3) is 0.583. The molecule has 0 aromatic carbocycles. The Kier molecular flexibility index (Phi) is 3.48. The molecule has 78 valence electrons. The maximum Gasteiger partial charge on any atom is 0.160 e. The van der Waals surface area contributed by atoms with Crippen LogP contribution < -0.4 is 0 Å². The van der Waals surface area contributed by atoms with Crippen LogP contribution in [0, 0.1) is 5.41 Å². The number of hydrogen-bond acceptors (Lipinski definition) is 2. The zero-order valence-electron chi connectivity index (χ0n) is 9.39. The van der Waals surface area contributed by atoms with Crippen molar-refractivity contribution in [1.82, 2.24) is 0 Å². The van der Waals surface area contributed by atoms with Crippen LogP contribution in [0.5, 0.6) is 0 Å². The van der Waals surface area contributed by atoms with Gasteiger partial charge in [0.1, 0.15) is 0 Å². The molecule has 0 N–H and O–H groups in total. The van der Waals surface area contributed by atoms with Gasteiger partial charge in [0, 0.05) is 4.88 Å². The van der Waals surface area contributed by atoms with Crippen LogP contribution in [0.1, 0.15) is 47.8 Å². The summed E-state index contributed by atoms with van der Waals surface area (Å²) in [7, 11) is 0. The van der Waals surface area contributed by atoms with Gasteiger partial charge in [0.25, 0.3) is 0 Å². The lowest BCUT2D eigenvalue weighted by Crippen LogP contribution is -2.08. The molecule has 0 aliphatic heterocycles. The third-order valence-corrected chi connectivity index (χ3v) is 3.21. The van der Waals surface area contributed by atoms with Gasteiger partial charge >= 0.3 is 0 Å². The third kappa shape index (κ3) is 2.95. The van der Waals surface area contributed by atoms with Crippen LogP contribution in [-0.4, -0.2) is 6.29 Å². The van der Waals surface area contributed by atoms with E-state index in [0.717, 1.165) is 24.0 Å². The van der Waals surface area contributed by atoms with Crippen molar-refractivity contribution in [2.45, 2.75) is 40.5 Å². The topological polar surface area (TPSA) is 17.1 Å². The van der Waals surface area contributed by atoms with E-state index in [0.29, 0.717) is 5.41 Å². The monoisotopic (exact) mass is 210 g/mol. The first kappa shape index (κ1) is 11.4. The van der Waals surface area contributed by atoms with Crippen molar-refractivity contribution in [3.8, 4) is 0 Å². The van der Waals surface area contributed by atoms with Gasteiger partial charge in [-0.05, 0) is 29.9 Å². The van der Waals surface area contributed by atoms with Crippen molar-refractivity contribution < 1.29 is 4.79 Å². The van der Waals surface area contributed by atoms with Crippen molar-refractivity contribution in [2.24, 2.45) is 5.41 Å². The summed E-state index contributed by atoms with van der Waals surface area (Å²) in [4.78, 5) is 12.9. The average Bonchev–Trinajstić information content (AvgIpc) is 2.44. The van der Waals surface area contributed by atoms with Crippen molar-refractivity contribution in [3.05, 3.63) is 21.4 Å². The predicted molar refractivity (Wildman–Crippen MR) is 62.2 cm³/mol. The maximum absolute atomic E-state index is 10.7. The van der Waals surface area contributed by atoms with Gasteiger partial charge in [-0.15, -0.1) is 11.3 Å². The first-order chi connectivity index (χ1) is 6.46. The smallest absolute Gasteiger partial charge is 0.160 e. The number of thiophene rings is 1. The number of aldehydes is 1. The highest BCUT2D eigenvalue weighted by Gasteiger charge is 2.16. The average molecular weight is 210 g/mol. The first-order valence-corrected chi connectivity index (χ1v) is 5.84. The van der Waals surface area contributed by atoms with Gasteiger partial charge in [-0.1, -0.05) is 27.7 Å². The minimum absolute atomic E-state index is 0.301. The Labute approximate surface area is 90.2 Å². The fourth-order valence-corrected chi connectivity index (χ4v) is 2.85. The highest BCUT2D eigenvalue weighted by atomic mass is 32.1. The van der Waals surface area contributed by atoms with Crippen LogP contribution in [0.15, 0.2) is 6.07 Å². The zero-order chi connectivity index (χ0) is 10.8. The Bertz CT molecular complexity index is 318. The summed E-state index contributed by atoms with van der Waals surface area (Å²) in [5.74, 6) is 0. The summed E-state index contributed by atoms with van der Waals surface area (Å²) in [6, 6.07) is 2.03. The Morgan fingerprint density at radius 1 is 1.43 bits per heavy atom. The van der Waals surface area contributed by atoms with Crippen molar-refractivity contribution in [1.29, 1.82) is 0 Å². The minimum atomic E-state index is 0.301. The van der Waals surface area contributed by atoms with Crippen LogP contribution in [0.3, 0.4) is 0 Å². The fourth-order valence-electron chi connectivity index (χ4n) is 1.48. The predicted octanol–water partition coefficient (Wildman–Crippen LogP) is 3.71. The van der Waals surface area contributed by atoms with E-state index in [1.807, 2.05) is 6.07 Å². The van der Waals surface area contributed by atoms with Crippen LogP contribution in [0.2, 0.25) is 0 Å². The molecule has 0 bridgehead atoms.